The Bertz CT molecular complexity index is 586. The third kappa shape index (κ3) is 2.60. The molecule has 6 heteroatoms. The van der Waals surface area contributed by atoms with Crippen molar-refractivity contribution in [1.29, 1.82) is 0 Å². The van der Waals surface area contributed by atoms with Gasteiger partial charge in [0.15, 0.2) is 5.16 Å². The van der Waals surface area contributed by atoms with E-state index in [1.54, 1.807) is 11.8 Å². The smallest absolute Gasteiger partial charge is 0.260 e. The standard InChI is InChI=1S/C12H15N3OS2/c16-10-9-3-5-17-11(9)15-12(14-10)18-7-8-2-1-4-13-6-8/h3,5,8,13H,1-2,4,6-7H2,(H,14,15,16). The molecule has 2 aromatic heterocycles. The first kappa shape index (κ1) is 12.2. The van der Waals surface area contributed by atoms with Crippen molar-refractivity contribution in [3.8, 4) is 0 Å². The number of nitrogens with zero attached hydrogens (tertiary/aromatic N) is 1. The molecule has 0 radical (unpaired) electrons. The van der Waals surface area contributed by atoms with Gasteiger partial charge in [-0.15, -0.1) is 11.3 Å². The van der Waals surface area contributed by atoms with E-state index in [-0.39, 0.29) is 5.56 Å². The van der Waals surface area contributed by atoms with Gasteiger partial charge < -0.3 is 10.3 Å². The monoisotopic (exact) mass is 281 g/mol. The maximum absolute atomic E-state index is 11.8. The van der Waals surface area contributed by atoms with Gasteiger partial charge in [0, 0.05) is 5.75 Å². The molecule has 2 N–H and O–H groups in total. The van der Waals surface area contributed by atoms with Crippen LogP contribution in [0.3, 0.4) is 0 Å². The molecule has 0 amide bonds. The minimum Gasteiger partial charge on any atom is -0.316 e. The molecular formula is C12H15N3OS2. The number of aromatic amines is 1. The summed E-state index contributed by atoms with van der Waals surface area (Å²) >= 11 is 3.18. The largest absolute Gasteiger partial charge is 0.316 e. The van der Waals surface area contributed by atoms with E-state index in [4.69, 9.17) is 0 Å². The summed E-state index contributed by atoms with van der Waals surface area (Å²) in [5, 5.41) is 6.76. The first-order chi connectivity index (χ1) is 8.83. The van der Waals surface area contributed by atoms with Crippen LogP contribution in [-0.2, 0) is 0 Å². The van der Waals surface area contributed by atoms with Crippen molar-refractivity contribution in [2.75, 3.05) is 18.8 Å². The van der Waals surface area contributed by atoms with E-state index in [9.17, 15) is 4.79 Å². The summed E-state index contributed by atoms with van der Waals surface area (Å²) in [7, 11) is 0. The number of hydrogen-bond acceptors (Lipinski definition) is 5. The molecule has 1 atom stereocenters. The Morgan fingerprint density at radius 2 is 2.50 bits per heavy atom. The Kier molecular flexibility index (Phi) is 3.67. The zero-order chi connectivity index (χ0) is 12.4. The zero-order valence-electron chi connectivity index (χ0n) is 9.94. The molecule has 1 saturated heterocycles. The van der Waals surface area contributed by atoms with Crippen LogP contribution >= 0.6 is 23.1 Å². The van der Waals surface area contributed by atoms with Crippen LogP contribution in [0.25, 0.3) is 10.2 Å². The third-order valence-corrected chi connectivity index (χ3v) is 5.08. The summed E-state index contributed by atoms with van der Waals surface area (Å²) in [6, 6.07) is 1.82. The highest BCUT2D eigenvalue weighted by Gasteiger charge is 2.14. The minimum atomic E-state index is -0.0227. The summed E-state index contributed by atoms with van der Waals surface area (Å²) in [5.74, 6) is 1.71. The Hall–Kier alpha value is -0.850. The first-order valence-corrected chi connectivity index (χ1v) is 8.00. The summed E-state index contributed by atoms with van der Waals surface area (Å²) < 4.78 is 0. The molecule has 1 aliphatic heterocycles. The highest BCUT2D eigenvalue weighted by atomic mass is 32.2. The van der Waals surface area contributed by atoms with E-state index in [0.29, 0.717) is 11.3 Å². The van der Waals surface area contributed by atoms with Gasteiger partial charge in [0.2, 0.25) is 0 Å². The van der Waals surface area contributed by atoms with Gasteiger partial charge in [0.25, 0.3) is 5.56 Å². The Labute approximate surface area is 113 Å². The molecule has 0 aliphatic carbocycles. The number of nitrogens with one attached hydrogen (secondary N) is 2. The number of hydrogen-bond donors (Lipinski definition) is 2. The molecule has 2 aromatic rings. The van der Waals surface area contributed by atoms with E-state index in [1.807, 2.05) is 11.4 Å². The van der Waals surface area contributed by atoms with Crippen molar-refractivity contribution in [3.05, 3.63) is 21.8 Å². The van der Waals surface area contributed by atoms with Crippen LogP contribution in [0.1, 0.15) is 12.8 Å². The predicted molar refractivity (Wildman–Crippen MR) is 76.6 cm³/mol. The first-order valence-electron chi connectivity index (χ1n) is 6.14. The molecule has 0 saturated carbocycles. The molecule has 0 aromatic carbocycles. The molecule has 96 valence electrons. The van der Waals surface area contributed by atoms with Crippen molar-refractivity contribution < 1.29 is 0 Å². The van der Waals surface area contributed by atoms with Gasteiger partial charge in [-0.2, -0.15) is 0 Å². The SMILES string of the molecule is O=c1[nH]c(SCC2CCCNC2)nc2sccc12. The van der Waals surface area contributed by atoms with Crippen LogP contribution in [-0.4, -0.2) is 28.8 Å². The maximum Gasteiger partial charge on any atom is 0.260 e. The molecule has 3 heterocycles. The molecule has 1 aliphatic rings. The Morgan fingerprint density at radius 1 is 1.56 bits per heavy atom. The topological polar surface area (TPSA) is 57.8 Å². The van der Waals surface area contributed by atoms with Gasteiger partial charge in [-0.05, 0) is 43.3 Å². The molecular weight excluding hydrogens is 266 g/mol. The lowest BCUT2D eigenvalue weighted by Gasteiger charge is -2.21. The number of H-pyrrole nitrogens is 1. The fourth-order valence-electron chi connectivity index (χ4n) is 2.18. The molecule has 0 bridgehead atoms. The summed E-state index contributed by atoms with van der Waals surface area (Å²) in [6.45, 7) is 2.22. The molecule has 18 heavy (non-hydrogen) atoms. The number of piperidine rings is 1. The van der Waals surface area contributed by atoms with Crippen molar-refractivity contribution in [2.24, 2.45) is 5.92 Å². The normalized spacial score (nSPS) is 20.3. The predicted octanol–water partition coefficient (Wildman–Crippen LogP) is 2.08. The molecule has 1 fully saturated rings. The van der Waals surface area contributed by atoms with Crippen molar-refractivity contribution in [2.45, 2.75) is 18.0 Å². The lowest BCUT2D eigenvalue weighted by molar-refractivity contribution is 0.410. The van der Waals surface area contributed by atoms with E-state index in [2.05, 4.69) is 15.3 Å². The van der Waals surface area contributed by atoms with Gasteiger partial charge in [0.05, 0.1) is 5.39 Å². The van der Waals surface area contributed by atoms with Crippen LogP contribution in [0.15, 0.2) is 21.4 Å². The highest BCUT2D eigenvalue weighted by Crippen LogP contribution is 2.22. The van der Waals surface area contributed by atoms with Crippen LogP contribution in [0.4, 0.5) is 0 Å². The Morgan fingerprint density at radius 3 is 3.33 bits per heavy atom. The number of thioether (sulfide) groups is 1. The zero-order valence-corrected chi connectivity index (χ0v) is 11.6. The van der Waals surface area contributed by atoms with Crippen LogP contribution in [0.5, 0.6) is 0 Å². The van der Waals surface area contributed by atoms with Crippen LogP contribution in [0.2, 0.25) is 0 Å². The lowest BCUT2D eigenvalue weighted by atomic mass is 10.0. The van der Waals surface area contributed by atoms with Gasteiger partial charge in [-0.3, -0.25) is 4.79 Å². The average Bonchev–Trinajstić information content (AvgIpc) is 2.86. The van der Waals surface area contributed by atoms with Gasteiger partial charge >= 0.3 is 0 Å². The number of fused-ring (bicyclic) bond motifs is 1. The second-order valence-electron chi connectivity index (χ2n) is 4.53. The summed E-state index contributed by atoms with van der Waals surface area (Å²) in [6.07, 6.45) is 2.52. The lowest BCUT2D eigenvalue weighted by Crippen LogP contribution is -2.31. The van der Waals surface area contributed by atoms with Crippen LogP contribution < -0.4 is 10.9 Å². The highest BCUT2D eigenvalue weighted by molar-refractivity contribution is 7.99. The van der Waals surface area contributed by atoms with Gasteiger partial charge in [0.1, 0.15) is 4.83 Å². The van der Waals surface area contributed by atoms with Crippen LogP contribution in [0, 0.1) is 5.92 Å². The number of rotatable bonds is 3. The second kappa shape index (κ2) is 5.42. The maximum atomic E-state index is 11.8. The summed E-state index contributed by atoms with van der Waals surface area (Å²) in [4.78, 5) is 20.0. The molecule has 4 nitrogen and oxygen atoms in total. The van der Waals surface area contributed by atoms with Crippen molar-refractivity contribution in [3.63, 3.8) is 0 Å². The second-order valence-corrected chi connectivity index (χ2v) is 6.44. The van der Waals surface area contributed by atoms with Gasteiger partial charge in [-0.25, -0.2) is 4.98 Å². The quantitative estimate of drug-likeness (QED) is 0.668. The average molecular weight is 281 g/mol. The fourth-order valence-corrected chi connectivity index (χ4v) is 4.00. The minimum absolute atomic E-state index is 0.0227. The molecule has 1 unspecified atom stereocenters. The van der Waals surface area contributed by atoms with E-state index >= 15 is 0 Å². The van der Waals surface area contributed by atoms with E-state index in [1.165, 1.54) is 24.2 Å². The van der Waals surface area contributed by atoms with Crippen molar-refractivity contribution in [1.82, 2.24) is 15.3 Å². The van der Waals surface area contributed by atoms with Crippen molar-refractivity contribution >= 4 is 33.3 Å². The number of aromatic nitrogens is 2. The summed E-state index contributed by atoms with van der Waals surface area (Å²) in [5.41, 5.74) is -0.0227. The van der Waals surface area contributed by atoms with E-state index < -0.39 is 0 Å². The molecule has 0 spiro atoms. The molecule has 3 rings (SSSR count). The van der Waals surface area contributed by atoms with E-state index in [0.717, 1.165) is 28.8 Å². The fraction of sp³-hybridized carbons (Fsp3) is 0.500. The third-order valence-electron chi connectivity index (χ3n) is 3.17. The Balaban J connectivity index is 1.72. The van der Waals surface area contributed by atoms with Gasteiger partial charge in [-0.1, -0.05) is 11.8 Å². The number of thiophene rings is 1.